The summed E-state index contributed by atoms with van der Waals surface area (Å²) < 4.78 is 23.7. The number of quaternary nitrogens is 1. The van der Waals surface area contributed by atoms with Gasteiger partial charge < -0.3 is 19.8 Å². The Morgan fingerprint density at radius 2 is 0.789 bits per heavy atom. The molecule has 0 rings (SSSR count). The highest BCUT2D eigenvalue weighted by Gasteiger charge is 2.27. The van der Waals surface area contributed by atoms with Gasteiger partial charge in [0, 0.05) is 6.42 Å². The molecule has 0 fully saturated rings. The van der Waals surface area contributed by atoms with E-state index >= 15 is 0 Å². The molecule has 9 heteroatoms. The van der Waals surface area contributed by atoms with Crippen molar-refractivity contribution in [3.05, 3.63) is 109 Å². The first-order chi connectivity index (χ1) is 37.0. The molecular weight excluding hydrogens is 960 g/mol. The number of aliphatic hydroxyl groups excluding tert-OH is 1. The number of carbonyl (C=O) groups is 1. The minimum Gasteiger partial charge on any atom is -0.387 e. The van der Waals surface area contributed by atoms with Crippen molar-refractivity contribution in [2.45, 2.75) is 270 Å². The predicted octanol–water partition coefficient (Wildman–Crippen LogP) is 19.5. The number of carbonyl (C=O) groups excluding carboxylic acids is 1. The van der Waals surface area contributed by atoms with E-state index in [9.17, 15) is 19.4 Å². The minimum absolute atomic E-state index is 0.0574. The highest BCUT2D eigenvalue weighted by Crippen LogP contribution is 2.43. The molecule has 1 amide bonds. The van der Waals surface area contributed by atoms with Crippen LogP contribution in [-0.4, -0.2) is 73.4 Å². The summed E-state index contributed by atoms with van der Waals surface area (Å²) in [5.41, 5.74) is 0. The van der Waals surface area contributed by atoms with Gasteiger partial charge in [-0.15, -0.1) is 0 Å². The van der Waals surface area contributed by atoms with Crippen molar-refractivity contribution in [3.63, 3.8) is 0 Å². The van der Waals surface area contributed by atoms with Gasteiger partial charge in [-0.3, -0.25) is 13.8 Å². The predicted molar refractivity (Wildman–Crippen MR) is 332 cm³/mol. The molecule has 0 saturated heterocycles. The Kier molecular flexibility index (Phi) is 54.7. The molecule has 3 unspecified atom stereocenters. The van der Waals surface area contributed by atoms with Crippen molar-refractivity contribution in [1.82, 2.24) is 5.32 Å². The van der Waals surface area contributed by atoms with Crippen LogP contribution in [0.5, 0.6) is 0 Å². The summed E-state index contributed by atoms with van der Waals surface area (Å²) in [7, 11) is 1.56. The van der Waals surface area contributed by atoms with Crippen LogP contribution in [0.15, 0.2) is 109 Å². The maximum absolute atomic E-state index is 13.0. The second-order valence-electron chi connectivity index (χ2n) is 22.1. The van der Waals surface area contributed by atoms with Crippen LogP contribution in [0.4, 0.5) is 0 Å². The molecular formula is C67H120N2O6P+. The lowest BCUT2D eigenvalue weighted by molar-refractivity contribution is -0.870. The molecule has 0 aliphatic carbocycles. The number of hydrogen-bond acceptors (Lipinski definition) is 5. The van der Waals surface area contributed by atoms with Gasteiger partial charge >= 0.3 is 7.82 Å². The van der Waals surface area contributed by atoms with Crippen LogP contribution in [0.2, 0.25) is 0 Å². The number of hydrogen-bond donors (Lipinski definition) is 3. The number of rotatable bonds is 56. The van der Waals surface area contributed by atoms with E-state index in [0.717, 1.165) is 89.9 Å². The summed E-state index contributed by atoms with van der Waals surface area (Å²) in [6, 6.07) is -0.854. The Labute approximate surface area is 470 Å². The first-order valence-electron chi connectivity index (χ1n) is 31.3. The third-order valence-corrected chi connectivity index (χ3v) is 14.5. The van der Waals surface area contributed by atoms with Crippen molar-refractivity contribution in [1.29, 1.82) is 0 Å². The highest BCUT2D eigenvalue weighted by molar-refractivity contribution is 7.47. The molecule has 0 aromatic rings. The summed E-state index contributed by atoms with van der Waals surface area (Å²) in [5, 5.41) is 13.9. The minimum atomic E-state index is -4.35. The Morgan fingerprint density at radius 1 is 0.461 bits per heavy atom. The first kappa shape index (κ1) is 73.2. The van der Waals surface area contributed by atoms with Crippen molar-refractivity contribution in [3.8, 4) is 0 Å². The normalized spacial score (nSPS) is 14.6. The Morgan fingerprint density at radius 3 is 1.16 bits per heavy atom. The molecule has 0 radical (unpaired) electrons. The quantitative estimate of drug-likeness (QED) is 0.0243. The number of amides is 1. The average molecular weight is 1080 g/mol. The molecule has 0 bridgehead atoms. The molecule has 0 aliphatic heterocycles. The van der Waals surface area contributed by atoms with E-state index in [1.165, 1.54) is 148 Å². The molecule has 0 saturated carbocycles. The average Bonchev–Trinajstić information content (AvgIpc) is 3.38. The van der Waals surface area contributed by atoms with Crippen molar-refractivity contribution < 1.29 is 32.9 Å². The molecule has 0 spiro atoms. The monoisotopic (exact) mass is 1080 g/mol. The SMILES string of the molecule is CC/C=C\C/C=C\C/C=C\C/C=C\C/C=C\C/C=C\C/C=C\C/C=C\CCCCCCCCCCCCCCC(=O)NC(COP(=O)(O)OCC[N+](C)(C)C)C(O)/C=C/CCCCCCCCCCCCCCCCC. The Balaban J connectivity index is 4.11. The maximum atomic E-state index is 13.0. The fourth-order valence-electron chi connectivity index (χ4n) is 8.65. The molecule has 3 N–H and O–H groups in total. The zero-order valence-electron chi connectivity index (χ0n) is 50.0. The summed E-state index contributed by atoms with van der Waals surface area (Å²) in [6.45, 7) is 4.71. The number of phosphoric ester groups is 1. The van der Waals surface area contributed by atoms with Crippen LogP contribution in [0.25, 0.3) is 0 Å². The summed E-state index contributed by atoms with van der Waals surface area (Å²) >= 11 is 0. The lowest BCUT2D eigenvalue weighted by Gasteiger charge is -2.25. The molecule has 0 heterocycles. The van der Waals surface area contributed by atoms with Crippen molar-refractivity contribution in [2.24, 2.45) is 0 Å². The van der Waals surface area contributed by atoms with Gasteiger partial charge in [-0.25, -0.2) is 4.57 Å². The lowest BCUT2D eigenvalue weighted by Crippen LogP contribution is -2.45. The molecule has 0 aromatic heterocycles. The van der Waals surface area contributed by atoms with Crippen molar-refractivity contribution >= 4 is 13.7 Å². The number of nitrogens with zero attached hydrogens (tertiary/aromatic N) is 1. The Bertz CT molecular complexity index is 1600. The highest BCUT2D eigenvalue weighted by atomic mass is 31.2. The third-order valence-electron chi connectivity index (χ3n) is 13.5. The lowest BCUT2D eigenvalue weighted by atomic mass is 10.0. The summed E-state index contributed by atoms with van der Waals surface area (Å²) in [5.74, 6) is -0.182. The van der Waals surface area contributed by atoms with E-state index in [0.29, 0.717) is 17.4 Å². The molecule has 8 nitrogen and oxygen atoms in total. The smallest absolute Gasteiger partial charge is 0.387 e. The van der Waals surface area contributed by atoms with Gasteiger partial charge in [0.15, 0.2) is 0 Å². The van der Waals surface area contributed by atoms with Crippen LogP contribution in [0.3, 0.4) is 0 Å². The van der Waals surface area contributed by atoms with E-state index < -0.39 is 20.0 Å². The van der Waals surface area contributed by atoms with Crippen molar-refractivity contribution in [2.75, 3.05) is 40.9 Å². The van der Waals surface area contributed by atoms with E-state index in [-0.39, 0.29) is 19.1 Å². The Hall–Kier alpha value is -2.84. The second-order valence-corrected chi connectivity index (χ2v) is 23.5. The number of phosphoric acid groups is 1. The number of likely N-dealkylation sites (N-methyl/N-ethyl adjacent to an activating group) is 1. The number of nitrogens with one attached hydrogen (secondary N) is 1. The van der Waals surface area contributed by atoms with E-state index in [1.54, 1.807) is 6.08 Å². The van der Waals surface area contributed by atoms with Gasteiger partial charge in [0.25, 0.3) is 0 Å². The summed E-state index contributed by atoms with van der Waals surface area (Å²) in [4.78, 5) is 23.3. The van der Waals surface area contributed by atoms with Gasteiger partial charge in [-0.1, -0.05) is 277 Å². The van der Waals surface area contributed by atoms with Crippen LogP contribution in [-0.2, 0) is 18.4 Å². The first-order valence-corrected chi connectivity index (χ1v) is 32.8. The second kappa shape index (κ2) is 56.9. The van der Waals surface area contributed by atoms with Crippen LogP contribution in [0.1, 0.15) is 258 Å². The van der Waals surface area contributed by atoms with Crippen LogP contribution in [0, 0.1) is 0 Å². The zero-order valence-corrected chi connectivity index (χ0v) is 50.9. The topological polar surface area (TPSA) is 105 Å². The van der Waals surface area contributed by atoms with E-state index in [1.807, 2.05) is 27.2 Å². The number of unbranched alkanes of at least 4 members (excludes halogenated alkanes) is 27. The van der Waals surface area contributed by atoms with E-state index in [4.69, 9.17) is 9.05 Å². The number of allylic oxidation sites excluding steroid dienone is 17. The third kappa shape index (κ3) is 58.8. The molecule has 3 atom stereocenters. The summed E-state index contributed by atoms with van der Waals surface area (Å²) in [6.07, 6.45) is 83.4. The van der Waals surface area contributed by atoms with Crippen LogP contribution >= 0.6 is 7.82 Å². The molecule has 76 heavy (non-hydrogen) atoms. The molecule has 0 aliphatic rings. The van der Waals surface area contributed by atoms with Gasteiger partial charge in [-0.2, -0.15) is 0 Å². The molecule has 438 valence electrons. The zero-order chi connectivity index (χ0) is 55.6. The van der Waals surface area contributed by atoms with E-state index in [2.05, 4.69) is 116 Å². The van der Waals surface area contributed by atoms with Gasteiger partial charge in [0.05, 0.1) is 39.9 Å². The fourth-order valence-corrected chi connectivity index (χ4v) is 9.38. The van der Waals surface area contributed by atoms with Crippen LogP contribution < -0.4 is 5.32 Å². The largest absolute Gasteiger partial charge is 0.472 e. The number of aliphatic hydroxyl groups is 1. The van der Waals surface area contributed by atoms with Gasteiger partial charge in [0.2, 0.25) is 5.91 Å². The van der Waals surface area contributed by atoms with Gasteiger partial charge in [0.1, 0.15) is 13.2 Å². The molecule has 0 aromatic carbocycles. The fraction of sp³-hybridized carbons (Fsp3) is 0.716. The van der Waals surface area contributed by atoms with Gasteiger partial charge in [-0.05, 0) is 83.5 Å². The maximum Gasteiger partial charge on any atom is 0.472 e. The standard InChI is InChI=1S/C67H119N2O6P/c1-6-8-10-12-14-16-18-20-22-24-25-26-27-28-29-30-31-32-33-34-35-36-37-38-39-40-41-42-43-45-47-49-51-53-55-57-59-61-67(71)68-65(64-75-76(72,73)74-63-62-69(3,4)5)66(70)60-58-56-54-52-50-48-46-44-23-21-19-17-15-13-11-9-7-2/h8,10,14,16,20,22,25-26,28-29,31-32,34-35,37-38,58,60,65-66,70H,6-7,9,11-13,15,17-19,21,23-24,27,30,33,36,39-57,59,61-64H2,1-5H3,(H-,68,71,72,73)/p+1/b10-8-,16-14-,22-20-,26-25-,29-28-,32-31-,35-34-,38-37-,60-58+.